The molecule has 2 nitrogen and oxygen atoms in total. The fourth-order valence-corrected chi connectivity index (χ4v) is 3.07. The van der Waals surface area contributed by atoms with E-state index in [1.807, 2.05) is 0 Å². The third-order valence-electron chi connectivity index (χ3n) is 4.73. The van der Waals surface area contributed by atoms with Crippen LogP contribution < -0.4 is 10.1 Å². The van der Waals surface area contributed by atoms with Gasteiger partial charge in [0.25, 0.3) is 0 Å². The highest BCUT2D eigenvalue weighted by molar-refractivity contribution is 5.31. The van der Waals surface area contributed by atoms with Crippen molar-refractivity contribution in [1.29, 1.82) is 0 Å². The average molecular weight is 287 g/mol. The van der Waals surface area contributed by atoms with Gasteiger partial charge in [-0.15, -0.1) is 0 Å². The largest absolute Gasteiger partial charge is 0.492 e. The van der Waals surface area contributed by atoms with Crippen molar-refractivity contribution in [2.75, 3.05) is 13.2 Å². The predicted molar refractivity (Wildman–Crippen MR) is 87.9 cm³/mol. The van der Waals surface area contributed by atoms with Crippen molar-refractivity contribution < 1.29 is 4.74 Å². The van der Waals surface area contributed by atoms with Crippen molar-refractivity contribution in [2.45, 2.75) is 57.9 Å². The average Bonchev–Trinajstić information content (AvgIpc) is 3.31. The summed E-state index contributed by atoms with van der Waals surface area (Å²) in [5, 5.41) is 3.72. The molecule has 116 valence electrons. The molecule has 0 aliphatic heterocycles. The summed E-state index contributed by atoms with van der Waals surface area (Å²) in [6.07, 6.45) is 5.74. The smallest absolute Gasteiger partial charge is 0.119 e. The maximum Gasteiger partial charge on any atom is 0.119 e. The van der Waals surface area contributed by atoms with Crippen molar-refractivity contribution >= 4 is 0 Å². The lowest BCUT2D eigenvalue weighted by molar-refractivity contribution is 0.293. The zero-order valence-corrected chi connectivity index (χ0v) is 13.7. The Morgan fingerprint density at radius 2 is 1.62 bits per heavy atom. The Bertz CT molecular complexity index is 439. The van der Waals surface area contributed by atoms with Gasteiger partial charge in [0, 0.05) is 12.6 Å². The van der Waals surface area contributed by atoms with E-state index < -0.39 is 0 Å². The number of benzene rings is 1. The summed E-state index contributed by atoms with van der Waals surface area (Å²) in [7, 11) is 0. The summed E-state index contributed by atoms with van der Waals surface area (Å²) in [4.78, 5) is 0. The Labute approximate surface area is 129 Å². The molecule has 0 heterocycles. The minimum absolute atomic E-state index is 0.210. The van der Waals surface area contributed by atoms with Crippen molar-refractivity contribution in [3.05, 3.63) is 29.8 Å². The first-order valence-electron chi connectivity index (χ1n) is 8.51. The summed E-state index contributed by atoms with van der Waals surface area (Å²) < 4.78 is 5.86. The molecular weight excluding hydrogens is 258 g/mol. The fraction of sp³-hybridized carbons (Fsp3) is 0.684. The van der Waals surface area contributed by atoms with Gasteiger partial charge in [-0.3, -0.25) is 0 Å². The molecule has 1 N–H and O–H groups in total. The molecule has 0 atom stereocenters. The van der Waals surface area contributed by atoms with Crippen molar-refractivity contribution in [3.8, 4) is 5.75 Å². The van der Waals surface area contributed by atoms with Gasteiger partial charge in [-0.2, -0.15) is 0 Å². The first-order valence-corrected chi connectivity index (χ1v) is 8.51. The molecule has 0 spiro atoms. The van der Waals surface area contributed by atoms with E-state index in [0.29, 0.717) is 0 Å². The normalized spacial score (nSPS) is 19.0. The Morgan fingerprint density at radius 3 is 2.10 bits per heavy atom. The lowest BCUT2D eigenvalue weighted by Gasteiger charge is -2.20. The summed E-state index contributed by atoms with van der Waals surface area (Å²) in [5.41, 5.74) is 1.57. The Morgan fingerprint density at radius 1 is 1.05 bits per heavy atom. The van der Waals surface area contributed by atoms with Crippen molar-refractivity contribution in [3.63, 3.8) is 0 Å². The summed E-state index contributed by atoms with van der Waals surface area (Å²) in [6, 6.07) is 9.33. The van der Waals surface area contributed by atoms with Crippen LogP contribution in [0.4, 0.5) is 0 Å². The minimum atomic E-state index is 0.210. The zero-order valence-electron chi connectivity index (χ0n) is 13.7. The molecule has 0 bridgehead atoms. The van der Waals surface area contributed by atoms with E-state index in [0.717, 1.165) is 36.8 Å². The second-order valence-corrected chi connectivity index (χ2v) is 7.78. The van der Waals surface area contributed by atoms with Gasteiger partial charge < -0.3 is 10.1 Å². The second kappa shape index (κ2) is 6.00. The van der Waals surface area contributed by atoms with Gasteiger partial charge in [-0.25, -0.2) is 0 Å². The second-order valence-electron chi connectivity index (χ2n) is 7.78. The van der Waals surface area contributed by atoms with E-state index >= 15 is 0 Å². The molecule has 1 aromatic carbocycles. The Kier molecular flexibility index (Phi) is 4.26. The summed E-state index contributed by atoms with van der Waals surface area (Å²) in [5.74, 6) is 2.91. The van der Waals surface area contributed by atoms with Gasteiger partial charge in [0.15, 0.2) is 0 Å². The van der Waals surface area contributed by atoms with Gasteiger partial charge in [0.1, 0.15) is 12.4 Å². The number of ether oxygens (including phenoxy) is 1. The van der Waals surface area contributed by atoms with E-state index in [2.05, 4.69) is 50.4 Å². The highest BCUT2D eigenvalue weighted by Gasteiger charge is 2.40. The molecule has 2 saturated carbocycles. The lowest BCUT2D eigenvalue weighted by atomic mass is 9.87. The fourth-order valence-electron chi connectivity index (χ4n) is 3.07. The molecule has 2 aliphatic rings. The first kappa shape index (κ1) is 14.9. The van der Waals surface area contributed by atoms with Gasteiger partial charge in [-0.1, -0.05) is 32.9 Å². The molecule has 0 radical (unpaired) electrons. The number of nitrogens with one attached hydrogen (secondary N) is 1. The van der Waals surface area contributed by atoms with Gasteiger partial charge in [-0.05, 0) is 60.6 Å². The van der Waals surface area contributed by atoms with E-state index in [1.54, 1.807) is 0 Å². The third kappa shape index (κ3) is 4.23. The summed E-state index contributed by atoms with van der Waals surface area (Å²) >= 11 is 0. The Hall–Kier alpha value is -1.02. The zero-order chi connectivity index (χ0) is 14.9. The maximum atomic E-state index is 5.86. The van der Waals surface area contributed by atoms with Gasteiger partial charge in [0.05, 0.1) is 0 Å². The van der Waals surface area contributed by atoms with Crippen LogP contribution >= 0.6 is 0 Å². The molecular formula is C19H29NO. The van der Waals surface area contributed by atoms with Crippen LogP contribution in [-0.2, 0) is 5.41 Å². The van der Waals surface area contributed by atoms with Crippen LogP contribution in [0.3, 0.4) is 0 Å². The predicted octanol–water partition coefficient (Wildman–Crippen LogP) is 4.14. The van der Waals surface area contributed by atoms with Crippen LogP contribution in [0, 0.1) is 11.8 Å². The number of hydrogen-bond acceptors (Lipinski definition) is 2. The van der Waals surface area contributed by atoms with Crippen LogP contribution in [0.25, 0.3) is 0 Å². The van der Waals surface area contributed by atoms with Crippen LogP contribution in [0.1, 0.15) is 52.0 Å². The van der Waals surface area contributed by atoms with Crippen molar-refractivity contribution in [1.82, 2.24) is 5.32 Å². The minimum Gasteiger partial charge on any atom is -0.492 e. The van der Waals surface area contributed by atoms with Crippen LogP contribution in [0.2, 0.25) is 0 Å². The summed E-state index contributed by atoms with van der Waals surface area (Å²) in [6.45, 7) is 8.46. The molecule has 1 aromatic rings. The SMILES string of the molecule is CC(C)(C)c1ccc(OCCNC(C2CC2)C2CC2)cc1. The topological polar surface area (TPSA) is 21.3 Å². The van der Waals surface area contributed by atoms with E-state index in [4.69, 9.17) is 4.74 Å². The standard InChI is InChI=1S/C19H29NO/c1-19(2,3)16-8-10-17(11-9-16)21-13-12-20-18(14-4-5-14)15-6-7-15/h8-11,14-15,18,20H,4-7,12-13H2,1-3H3. The van der Waals surface area contributed by atoms with E-state index in [9.17, 15) is 0 Å². The molecule has 2 aliphatic carbocycles. The number of rotatable bonds is 7. The monoisotopic (exact) mass is 287 g/mol. The third-order valence-corrected chi connectivity index (χ3v) is 4.73. The highest BCUT2D eigenvalue weighted by Crippen LogP contribution is 2.44. The van der Waals surface area contributed by atoms with E-state index in [-0.39, 0.29) is 5.41 Å². The molecule has 0 aromatic heterocycles. The molecule has 2 fully saturated rings. The van der Waals surface area contributed by atoms with E-state index in [1.165, 1.54) is 31.2 Å². The quantitative estimate of drug-likeness (QED) is 0.761. The van der Waals surface area contributed by atoms with Gasteiger partial charge in [0.2, 0.25) is 0 Å². The molecule has 0 saturated heterocycles. The number of hydrogen-bond donors (Lipinski definition) is 1. The first-order chi connectivity index (χ1) is 10.0. The van der Waals surface area contributed by atoms with Crippen LogP contribution in [0.5, 0.6) is 5.75 Å². The lowest BCUT2D eigenvalue weighted by Crippen LogP contribution is -2.36. The molecule has 2 heteroatoms. The van der Waals surface area contributed by atoms with Crippen LogP contribution in [0.15, 0.2) is 24.3 Å². The van der Waals surface area contributed by atoms with Crippen LogP contribution in [-0.4, -0.2) is 19.2 Å². The van der Waals surface area contributed by atoms with Gasteiger partial charge >= 0.3 is 0 Å². The molecule has 21 heavy (non-hydrogen) atoms. The van der Waals surface area contributed by atoms with Crippen molar-refractivity contribution in [2.24, 2.45) is 11.8 Å². The highest BCUT2D eigenvalue weighted by atomic mass is 16.5. The maximum absolute atomic E-state index is 5.86. The molecule has 0 unspecified atom stereocenters. The Balaban J connectivity index is 1.40. The molecule has 0 amide bonds. The molecule has 3 rings (SSSR count).